The molecule has 0 bridgehead atoms. The summed E-state index contributed by atoms with van der Waals surface area (Å²) < 4.78 is 5.24. The molecule has 1 aromatic rings. The fourth-order valence-corrected chi connectivity index (χ4v) is 3.30. The number of hydrogen-bond donors (Lipinski definition) is 1. The second-order valence-electron chi connectivity index (χ2n) is 4.15. The summed E-state index contributed by atoms with van der Waals surface area (Å²) in [6, 6.07) is 5.78. The van der Waals surface area contributed by atoms with Gasteiger partial charge < -0.3 is 10.1 Å². The number of rotatable bonds is 1. The van der Waals surface area contributed by atoms with Gasteiger partial charge in [-0.05, 0) is 23.8 Å². The largest absolute Gasteiger partial charge is 0.497 e. The Morgan fingerprint density at radius 1 is 1.47 bits per heavy atom. The molecule has 2 aliphatic heterocycles. The minimum absolute atomic E-state index is 0.00615. The molecule has 2 aliphatic rings. The number of carbonyl (C=O) groups excluding carboxylic acids is 1. The first-order chi connectivity index (χ1) is 8.29. The molecule has 0 radical (unpaired) electrons. The summed E-state index contributed by atoms with van der Waals surface area (Å²) in [5.74, 6) is 2.79. The number of thioether (sulfide) groups is 1. The number of amides is 1. The third-order valence-electron chi connectivity index (χ3n) is 3.19. The van der Waals surface area contributed by atoms with Crippen LogP contribution < -0.4 is 10.1 Å². The van der Waals surface area contributed by atoms with E-state index in [9.17, 15) is 4.79 Å². The number of benzene rings is 1. The van der Waals surface area contributed by atoms with Gasteiger partial charge in [-0.15, -0.1) is 0 Å². The fraction of sp³-hybridized carbons (Fsp3) is 0.308. The van der Waals surface area contributed by atoms with E-state index < -0.39 is 0 Å². The van der Waals surface area contributed by atoms with Crippen LogP contribution in [0.4, 0.5) is 5.69 Å². The molecule has 0 fully saturated rings. The topological polar surface area (TPSA) is 38.3 Å². The van der Waals surface area contributed by atoms with Crippen LogP contribution in [-0.4, -0.2) is 24.5 Å². The first-order valence-electron chi connectivity index (χ1n) is 5.56. The highest BCUT2D eigenvalue weighted by Crippen LogP contribution is 2.40. The summed E-state index contributed by atoms with van der Waals surface area (Å²) in [5, 5.41) is 2.96. The first-order valence-corrected chi connectivity index (χ1v) is 6.72. The number of hydrogen-bond acceptors (Lipinski definition) is 3. The lowest BCUT2D eigenvalue weighted by atomic mass is 9.88. The van der Waals surface area contributed by atoms with E-state index >= 15 is 0 Å². The van der Waals surface area contributed by atoms with Crippen LogP contribution in [-0.2, 0) is 4.79 Å². The van der Waals surface area contributed by atoms with Crippen molar-refractivity contribution in [1.29, 1.82) is 0 Å². The molecule has 1 aromatic carbocycles. The van der Waals surface area contributed by atoms with Crippen molar-refractivity contribution < 1.29 is 9.53 Å². The van der Waals surface area contributed by atoms with Gasteiger partial charge in [0, 0.05) is 22.8 Å². The van der Waals surface area contributed by atoms with Crippen molar-refractivity contribution in [1.82, 2.24) is 0 Å². The zero-order valence-electron chi connectivity index (χ0n) is 9.53. The quantitative estimate of drug-likeness (QED) is 0.828. The van der Waals surface area contributed by atoms with Crippen molar-refractivity contribution in [2.75, 3.05) is 23.9 Å². The molecule has 0 aliphatic carbocycles. The Balaban J connectivity index is 2.14. The molecule has 1 unspecified atom stereocenters. The standard InChI is InChI=1S/C13H13NO2S/c1-16-8-2-3-12-10(6-8)9-4-5-17-7-11(9)13(15)14-12/h2-4,6,11H,5,7H2,1H3,(H,14,15). The van der Waals surface area contributed by atoms with Crippen LogP contribution in [0.5, 0.6) is 5.75 Å². The maximum atomic E-state index is 11.9. The molecule has 0 saturated heterocycles. The number of fused-ring (bicyclic) bond motifs is 3. The van der Waals surface area contributed by atoms with Gasteiger partial charge in [-0.25, -0.2) is 0 Å². The molecule has 2 heterocycles. The lowest BCUT2D eigenvalue weighted by Gasteiger charge is -2.30. The summed E-state index contributed by atoms with van der Waals surface area (Å²) in [7, 11) is 1.66. The Hall–Kier alpha value is -1.42. The molecule has 3 nitrogen and oxygen atoms in total. The SMILES string of the molecule is COc1ccc2c(c1)C1=CCSCC1C(=O)N2. The smallest absolute Gasteiger partial charge is 0.232 e. The Kier molecular flexibility index (Phi) is 2.59. The first kappa shape index (κ1) is 10.7. The maximum Gasteiger partial charge on any atom is 0.232 e. The molecule has 3 rings (SSSR count). The zero-order chi connectivity index (χ0) is 11.8. The van der Waals surface area contributed by atoms with Gasteiger partial charge in [0.05, 0.1) is 13.0 Å². The van der Waals surface area contributed by atoms with Crippen LogP contribution in [0, 0.1) is 5.92 Å². The Morgan fingerprint density at radius 3 is 3.18 bits per heavy atom. The van der Waals surface area contributed by atoms with Crippen molar-refractivity contribution >= 4 is 28.9 Å². The molecular formula is C13H13NO2S. The van der Waals surface area contributed by atoms with Crippen molar-refractivity contribution in [2.24, 2.45) is 5.92 Å². The van der Waals surface area contributed by atoms with Crippen LogP contribution >= 0.6 is 11.8 Å². The normalized spacial score (nSPS) is 22.1. The summed E-state index contributed by atoms with van der Waals surface area (Å²) in [5.41, 5.74) is 3.15. The lowest BCUT2D eigenvalue weighted by Crippen LogP contribution is -2.32. The van der Waals surface area contributed by atoms with Gasteiger partial charge in [-0.3, -0.25) is 4.79 Å². The molecule has 1 amide bonds. The summed E-state index contributed by atoms with van der Waals surface area (Å²) in [6.07, 6.45) is 2.16. The van der Waals surface area contributed by atoms with Gasteiger partial charge in [-0.1, -0.05) is 6.08 Å². The van der Waals surface area contributed by atoms with Gasteiger partial charge >= 0.3 is 0 Å². The maximum absolute atomic E-state index is 11.9. The minimum Gasteiger partial charge on any atom is -0.497 e. The predicted octanol–water partition coefficient (Wildman–Crippen LogP) is 2.39. The highest BCUT2D eigenvalue weighted by Gasteiger charge is 2.32. The second kappa shape index (κ2) is 4.11. The molecular weight excluding hydrogens is 234 g/mol. The van der Waals surface area contributed by atoms with Gasteiger partial charge in [0.1, 0.15) is 5.75 Å². The van der Waals surface area contributed by atoms with Crippen LogP contribution in [0.1, 0.15) is 5.56 Å². The van der Waals surface area contributed by atoms with E-state index in [1.165, 1.54) is 0 Å². The van der Waals surface area contributed by atoms with Crippen molar-refractivity contribution in [3.63, 3.8) is 0 Å². The van der Waals surface area contributed by atoms with Crippen LogP contribution in [0.2, 0.25) is 0 Å². The van der Waals surface area contributed by atoms with E-state index in [4.69, 9.17) is 4.74 Å². The van der Waals surface area contributed by atoms with Crippen LogP contribution in [0.15, 0.2) is 24.3 Å². The highest BCUT2D eigenvalue weighted by molar-refractivity contribution is 7.99. The minimum atomic E-state index is -0.00615. The molecule has 0 aromatic heterocycles. The molecule has 0 spiro atoms. The van der Waals surface area contributed by atoms with E-state index in [-0.39, 0.29) is 11.8 Å². The van der Waals surface area contributed by atoms with Gasteiger partial charge in [0.15, 0.2) is 0 Å². The van der Waals surface area contributed by atoms with Crippen molar-refractivity contribution in [3.05, 3.63) is 29.8 Å². The lowest BCUT2D eigenvalue weighted by molar-refractivity contribution is -0.117. The van der Waals surface area contributed by atoms with Gasteiger partial charge in [0.2, 0.25) is 5.91 Å². The zero-order valence-corrected chi connectivity index (χ0v) is 10.3. The third kappa shape index (κ3) is 1.72. The van der Waals surface area contributed by atoms with Gasteiger partial charge in [0.25, 0.3) is 0 Å². The van der Waals surface area contributed by atoms with Gasteiger partial charge in [-0.2, -0.15) is 11.8 Å². The third-order valence-corrected chi connectivity index (χ3v) is 4.16. The Bertz CT molecular complexity index is 510. The van der Waals surface area contributed by atoms with E-state index in [0.29, 0.717) is 0 Å². The molecule has 17 heavy (non-hydrogen) atoms. The summed E-state index contributed by atoms with van der Waals surface area (Å²) in [6.45, 7) is 0. The molecule has 1 N–H and O–H groups in total. The summed E-state index contributed by atoms with van der Waals surface area (Å²) >= 11 is 1.80. The number of carbonyl (C=O) groups is 1. The molecule has 1 atom stereocenters. The van der Waals surface area contributed by atoms with E-state index in [2.05, 4.69) is 11.4 Å². The number of anilines is 1. The molecule has 4 heteroatoms. The summed E-state index contributed by atoms with van der Waals surface area (Å²) in [4.78, 5) is 11.9. The number of methoxy groups -OCH3 is 1. The fourth-order valence-electron chi connectivity index (χ4n) is 2.30. The average Bonchev–Trinajstić information content (AvgIpc) is 2.39. The number of nitrogens with one attached hydrogen (secondary N) is 1. The Labute approximate surface area is 104 Å². The second-order valence-corrected chi connectivity index (χ2v) is 5.23. The molecule has 88 valence electrons. The predicted molar refractivity (Wildman–Crippen MR) is 70.4 cm³/mol. The van der Waals surface area contributed by atoms with Crippen molar-refractivity contribution in [3.8, 4) is 5.75 Å². The van der Waals surface area contributed by atoms with Crippen LogP contribution in [0.25, 0.3) is 5.57 Å². The average molecular weight is 247 g/mol. The van der Waals surface area contributed by atoms with E-state index in [0.717, 1.165) is 34.1 Å². The molecule has 0 saturated carbocycles. The Morgan fingerprint density at radius 2 is 2.35 bits per heavy atom. The van der Waals surface area contributed by atoms with Crippen molar-refractivity contribution in [2.45, 2.75) is 0 Å². The van der Waals surface area contributed by atoms with E-state index in [1.807, 2.05) is 18.2 Å². The number of ether oxygens (including phenoxy) is 1. The van der Waals surface area contributed by atoms with E-state index in [1.54, 1.807) is 18.9 Å². The van der Waals surface area contributed by atoms with Crippen LogP contribution in [0.3, 0.4) is 0 Å². The highest BCUT2D eigenvalue weighted by atomic mass is 32.2. The monoisotopic (exact) mass is 247 g/mol.